The van der Waals surface area contributed by atoms with E-state index in [0.717, 1.165) is 12.8 Å². The van der Waals surface area contributed by atoms with Crippen LogP contribution < -0.4 is 11.3 Å². The molecule has 116 valence electrons. The zero-order chi connectivity index (χ0) is 14.6. The van der Waals surface area contributed by atoms with Crippen LogP contribution in [0.2, 0.25) is 0 Å². The zero-order valence-electron chi connectivity index (χ0n) is 13.6. The summed E-state index contributed by atoms with van der Waals surface area (Å²) in [7, 11) is 1.77. The van der Waals surface area contributed by atoms with Gasteiger partial charge in [0.25, 0.3) is 0 Å². The van der Waals surface area contributed by atoms with Gasteiger partial charge in [0.05, 0.1) is 5.60 Å². The fourth-order valence-electron chi connectivity index (χ4n) is 2.45. The molecule has 0 heterocycles. The van der Waals surface area contributed by atoms with Crippen molar-refractivity contribution in [1.82, 2.24) is 5.43 Å². The highest BCUT2D eigenvalue weighted by molar-refractivity contribution is 4.76. The predicted molar refractivity (Wildman–Crippen MR) is 84.0 cm³/mol. The summed E-state index contributed by atoms with van der Waals surface area (Å²) < 4.78 is 5.46. The van der Waals surface area contributed by atoms with Crippen molar-refractivity contribution >= 4 is 0 Å². The van der Waals surface area contributed by atoms with Crippen LogP contribution in [0, 0.1) is 0 Å². The molecular formula is C16H36N2O. The maximum absolute atomic E-state index is 5.62. The van der Waals surface area contributed by atoms with Gasteiger partial charge in [-0.3, -0.25) is 11.3 Å². The van der Waals surface area contributed by atoms with Gasteiger partial charge in [-0.05, 0) is 26.7 Å². The van der Waals surface area contributed by atoms with Crippen molar-refractivity contribution in [2.45, 2.75) is 96.6 Å². The molecule has 0 aliphatic heterocycles. The molecule has 19 heavy (non-hydrogen) atoms. The molecule has 0 fully saturated rings. The minimum atomic E-state index is -0.0861. The van der Waals surface area contributed by atoms with E-state index in [2.05, 4.69) is 26.2 Å². The summed E-state index contributed by atoms with van der Waals surface area (Å²) in [5.74, 6) is 5.62. The monoisotopic (exact) mass is 272 g/mol. The molecule has 0 amide bonds. The van der Waals surface area contributed by atoms with Crippen molar-refractivity contribution in [2.75, 3.05) is 7.11 Å². The maximum atomic E-state index is 5.62. The van der Waals surface area contributed by atoms with Crippen LogP contribution in [-0.4, -0.2) is 18.8 Å². The van der Waals surface area contributed by atoms with Crippen LogP contribution in [0.5, 0.6) is 0 Å². The summed E-state index contributed by atoms with van der Waals surface area (Å²) in [6.45, 7) is 6.50. The molecule has 0 radical (unpaired) electrons. The first kappa shape index (κ1) is 18.9. The minimum Gasteiger partial charge on any atom is -0.379 e. The first-order chi connectivity index (χ1) is 9.05. The van der Waals surface area contributed by atoms with Gasteiger partial charge in [0.1, 0.15) is 0 Å². The van der Waals surface area contributed by atoms with Gasteiger partial charge in [0.2, 0.25) is 0 Å². The highest BCUT2D eigenvalue weighted by atomic mass is 16.5. The Bertz CT molecular complexity index is 195. The number of hydrogen-bond donors (Lipinski definition) is 2. The Hall–Kier alpha value is -0.120. The number of hydrazine groups is 1. The molecular weight excluding hydrogens is 236 g/mol. The number of rotatable bonds is 13. The Morgan fingerprint density at radius 2 is 1.53 bits per heavy atom. The summed E-state index contributed by atoms with van der Waals surface area (Å²) in [6.07, 6.45) is 13.0. The van der Waals surface area contributed by atoms with Gasteiger partial charge in [-0.2, -0.15) is 0 Å². The quantitative estimate of drug-likeness (QED) is 0.300. The van der Waals surface area contributed by atoms with Crippen LogP contribution in [0.4, 0.5) is 0 Å². The number of unbranched alkanes of at least 4 members (excludes halogenated alkanes) is 7. The summed E-state index contributed by atoms with van der Waals surface area (Å²) in [6, 6.07) is 0.370. The summed E-state index contributed by atoms with van der Waals surface area (Å²) in [4.78, 5) is 0. The summed E-state index contributed by atoms with van der Waals surface area (Å²) in [5.41, 5.74) is 2.85. The first-order valence-electron chi connectivity index (χ1n) is 8.07. The molecule has 0 saturated carbocycles. The second kappa shape index (κ2) is 11.7. The third-order valence-electron chi connectivity index (χ3n) is 3.93. The molecule has 0 aliphatic rings. The van der Waals surface area contributed by atoms with E-state index >= 15 is 0 Å². The van der Waals surface area contributed by atoms with Crippen molar-refractivity contribution in [1.29, 1.82) is 0 Å². The van der Waals surface area contributed by atoms with Crippen molar-refractivity contribution in [3.05, 3.63) is 0 Å². The van der Waals surface area contributed by atoms with Gasteiger partial charge < -0.3 is 4.74 Å². The molecule has 3 nitrogen and oxygen atoms in total. The van der Waals surface area contributed by atoms with Crippen LogP contribution in [0.3, 0.4) is 0 Å². The topological polar surface area (TPSA) is 47.3 Å². The zero-order valence-corrected chi connectivity index (χ0v) is 13.6. The van der Waals surface area contributed by atoms with Gasteiger partial charge >= 0.3 is 0 Å². The second-order valence-electron chi connectivity index (χ2n) is 6.30. The number of hydrogen-bond acceptors (Lipinski definition) is 3. The van der Waals surface area contributed by atoms with Crippen LogP contribution in [0.15, 0.2) is 0 Å². The standard InChI is InChI=1S/C16H36N2O/c1-5-6-7-8-9-10-11-12-13-15(18-17)14-16(2,3)19-4/h15,18H,5-14,17H2,1-4H3. The molecule has 0 aromatic rings. The van der Waals surface area contributed by atoms with Gasteiger partial charge in [0.15, 0.2) is 0 Å². The van der Waals surface area contributed by atoms with Crippen molar-refractivity contribution < 1.29 is 4.74 Å². The highest BCUT2D eigenvalue weighted by Gasteiger charge is 2.21. The molecule has 0 aromatic heterocycles. The molecule has 1 atom stereocenters. The Morgan fingerprint density at radius 3 is 2.00 bits per heavy atom. The normalized spacial score (nSPS) is 13.7. The molecule has 3 heteroatoms. The average molecular weight is 272 g/mol. The SMILES string of the molecule is CCCCCCCCCCC(CC(C)(C)OC)NN. The van der Waals surface area contributed by atoms with Gasteiger partial charge in [-0.15, -0.1) is 0 Å². The molecule has 3 N–H and O–H groups in total. The Kier molecular flexibility index (Phi) is 11.6. The molecule has 0 spiro atoms. The van der Waals surface area contributed by atoms with Crippen molar-refractivity contribution in [3.8, 4) is 0 Å². The molecule has 0 bridgehead atoms. The highest BCUT2D eigenvalue weighted by Crippen LogP contribution is 2.19. The second-order valence-corrected chi connectivity index (χ2v) is 6.30. The predicted octanol–water partition coefficient (Wildman–Crippen LogP) is 4.16. The molecule has 0 aliphatic carbocycles. The minimum absolute atomic E-state index is 0.0861. The summed E-state index contributed by atoms with van der Waals surface area (Å²) >= 11 is 0. The lowest BCUT2D eigenvalue weighted by Gasteiger charge is -2.28. The van der Waals surface area contributed by atoms with Crippen molar-refractivity contribution in [3.63, 3.8) is 0 Å². The van der Waals surface area contributed by atoms with E-state index in [1.807, 2.05) is 0 Å². The number of ether oxygens (including phenoxy) is 1. The van der Waals surface area contributed by atoms with Crippen LogP contribution in [0.25, 0.3) is 0 Å². The Balaban J connectivity index is 3.51. The molecule has 0 aromatic carbocycles. The molecule has 0 saturated heterocycles. The van der Waals surface area contributed by atoms with Gasteiger partial charge in [0, 0.05) is 13.2 Å². The smallest absolute Gasteiger partial charge is 0.0638 e. The van der Waals surface area contributed by atoms with Crippen LogP contribution in [-0.2, 0) is 4.74 Å². The average Bonchev–Trinajstić information content (AvgIpc) is 2.40. The number of nitrogens with one attached hydrogen (secondary N) is 1. The lowest BCUT2D eigenvalue weighted by atomic mass is 9.95. The van der Waals surface area contributed by atoms with Gasteiger partial charge in [-0.25, -0.2) is 0 Å². The third-order valence-corrected chi connectivity index (χ3v) is 3.93. The van der Waals surface area contributed by atoms with E-state index in [0.29, 0.717) is 6.04 Å². The summed E-state index contributed by atoms with van der Waals surface area (Å²) in [5, 5.41) is 0. The van der Waals surface area contributed by atoms with Crippen LogP contribution in [0.1, 0.15) is 85.0 Å². The third kappa shape index (κ3) is 11.4. The van der Waals surface area contributed by atoms with E-state index in [1.54, 1.807) is 7.11 Å². The molecule has 0 rings (SSSR count). The van der Waals surface area contributed by atoms with E-state index in [-0.39, 0.29) is 5.60 Å². The van der Waals surface area contributed by atoms with Crippen LogP contribution >= 0.6 is 0 Å². The van der Waals surface area contributed by atoms with E-state index in [4.69, 9.17) is 10.6 Å². The van der Waals surface area contributed by atoms with E-state index in [1.165, 1.54) is 51.4 Å². The fraction of sp³-hybridized carbons (Fsp3) is 1.00. The Morgan fingerprint density at radius 1 is 1.00 bits per heavy atom. The molecule has 1 unspecified atom stereocenters. The Labute approximate surface area is 120 Å². The lowest BCUT2D eigenvalue weighted by molar-refractivity contribution is 0.00616. The van der Waals surface area contributed by atoms with E-state index < -0.39 is 0 Å². The maximum Gasteiger partial charge on any atom is 0.0638 e. The first-order valence-corrected chi connectivity index (χ1v) is 8.07. The van der Waals surface area contributed by atoms with E-state index in [9.17, 15) is 0 Å². The van der Waals surface area contributed by atoms with Gasteiger partial charge in [-0.1, -0.05) is 58.3 Å². The lowest BCUT2D eigenvalue weighted by Crippen LogP contribution is -2.41. The number of nitrogens with two attached hydrogens (primary N) is 1. The fourth-order valence-corrected chi connectivity index (χ4v) is 2.45. The number of methoxy groups -OCH3 is 1. The van der Waals surface area contributed by atoms with Crippen molar-refractivity contribution in [2.24, 2.45) is 5.84 Å². The largest absolute Gasteiger partial charge is 0.379 e.